The molecule has 118 valence electrons. The van der Waals surface area contributed by atoms with Gasteiger partial charge in [-0.3, -0.25) is 0 Å². The van der Waals surface area contributed by atoms with Crippen molar-refractivity contribution >= 4 is 24.1 Å². The highest BCUT2D eigenvalue weighted by molar-refractivity contribution is 5.89. The number of urea groups is 1. The van der Waals surface area contributed by atoms with E-state index in [1.807, 2.05) is 48.5 Å². The molecule has 0 radical (unpaired) electrons. The van der Waals surface area contributed by atoms with Crippen molar-refractivity contribution in [3.05, 3.63) is 59.7 Å². The van der Waals surface area contributed by atoms with Gasteiger partial charge in [-0.25, -0.2) is 4.79 Å². The number of ether oxygens (including phenoxy) is 1. The third-order valence-corrected chi connectivity index (χ3v) is 3.06. The Hall–Kier alpha value is -2.24. The molecule has 4 N–H and O–H groups in total. The smallest absolute Gasteiger partial charge is 0.319 e. The number of hydrogen-bond acceptors (Lipinski definition) is 3. The number of anilines is 1. The van der Waals surface area contributed by atoms with Gasteiger partial charge in [0.05, 0.1) is 7.11 Å². The normalized spacial score (nSPS) is 9.55. The van der Waals surface area contributed by atoms with Gasteiger partial charge in [-0.15, -0.1) is 12.4 Å². The lowest BCUT2D eigenvalue weighted by Crippen LogP contribution is -2.28. The van der Waals surface area contributed by atoms with Crippen LogP contribution >= 0.6 is 12.4 Å². The van der Waals surface area contributed by atoms with Crippen LogP contribution in [0.2, 0.25) is 0 Å². The molecule has 0 aliphatic carbocycles. The van der Waals surface area contributed by atoms with E-state index in [0.29, 0.717) is 13.1 Å². The second-order valence-electron chi connectivity index (χ2n) is 4.56. The third-order valence-electron chi connectivity index (χ3n) is 3.06. The van der Waals surface area contributed by atoms with Crippen molar-refractivity contribution in [1.29, 1.82) is 0 Å². The summed E-state index contributed by atoms with van der Waals surface area (Å²) in [6.07, 6.45) is 0. The van der Waals surface area contributed by atoms with Crippen molar-refractivity contribution in [3.63, 3.8) is 0 Å². The zero-order chi connectivity index (χ0) is 15.1. The van der Waals surface area contributed by atoms with Crippen molar-refractivity contribution in [2.45, 2.75) is 13.1 Å². The molecule has 0 atom stereocenters. The summed E-state index contributed by atoms with van der Waals surface area (Å²) in [6.45, 7) is 0.945. The van der Waals surface area contributed by atoms with Gasteiger partial charge >= 0.3 is 6.03 Å². The van der Waals surface area contributed by atoms with Gasteiger partial charge in [-0.2, -0.15) is 0 Å². The monoisotopic (exact) mass is 321 g/mol. The van der Waals surface area contributed by atoms with Crippen LogP contribution in [0.3, 0.4) is 0 Å². The van der Waals surface area contributed by atoms with E-state index in [4.69, 9.17) is 10.5 Å². The predicted molar refractivity (Wildman–Crippen MR) is 90.4 cm³/mol. The van der Waals surface area contributed by atoms with Gasteiger partial charge in [0, 0.05) is 18.8 Å². The zero-order valence-electron chi connectivity index (χ0n) is 12.3. The number of halogens is 1. The van der Waals surface area contributed by atoms with E-state index in [9.17, 15) is 4.79 Å². The summed E-state index contributed by atoms with van der Waals surface area (Å²) in [4.78, 5) is 11.8. The summed E-state index contributed by atoms with van der Waals surface area (Å²) in [5.74, 6) is 0.795. The molecule has 0 aliphatic rings. The van der Waals surface area contributed by atoms with E-state index in [-0.39, 0.29) is 18.4 Å². The second-order valence-corrected chi connectivity index (χ2v) is 4.56. The van der Waals surface area contributed by atoms with Crippen molar-refractivity contribution < 1.29 is 9.53 Å². The maximum Gasteiger partial charge on any atom is 0.319 e. The standard InChI is InChI=1S/C16H19N3O2.ClH/c1-21-15-8-4-13(5-9-15)11-18-16(20)19-14-6-2-12(10-17)3-7-14;/h2-9H,10-11,17H2,1H3,(H2,18,19,20);1H. The summed E-state index contributed by atoms with van der Waals surface area (Å²) in [5, 5.41) is 5.57. The predicted octanol–water partition coefficient (Wildman–Crippen LogP) is 2.90. The Kier molecular flexibility index (Phi) is 7.22. The number of hydrogen-bond donors (Lipinski definition) is 3. The first-order valence-electron chi connectivity index (χ1n) is 6.68. The molecule has 5 nitrogen and oxygen atoms in total. The highest BCUT2D eigenvalue weighted by atomic mass is 35.5. The van der Waals surface area contributed by atoms with Crippen molar-refractivity contribution in [1.82, 2.24) is 5.32 Å². The van der Waals surface area contributed by atoms with Crippen LogP contribution in [0.15, 0.2) is 48.5 Å². The lowest BCUT2D eigenvalue weighted by atomic mass is 10.2. The first kappa shape index (κ1) is 17.8. The minimum absolute atomic E-state index is 0. The van der Waals surface area contributed by atoms with Gasteiger partial charge in [0.15, 0.2) is 0 Å². The fourth-order valence-corrected chi connectivity index (χ4v) is 1.83. The molecular formula is C16H20ClN3O2. The van der Waals surface area contributed by atoms with Gasteiger partial charge in [0.1, 0.15) is 5.75 Å². The van der Waals surface area contributed by atoms with Crippen LogP contribution in [0.4, 0.5) is 10.5 Å². The molecule has 0 aliphatic heterocycles. The average molecular weight is 322 g/mol. The Morgan fingerprint density at radius 2 is 1.64 bits per heavy atom. The molecule has 22 heavy (non-hydrogen) atoms. The number of nitrogens with one attached hydrogen (secondary N) is 2. The number of amides is 2. The highest BCUT2D eigenvalue weighted by Crippen LogP contribution is 2.11. The van der Waals surface area contributed by atoms with Crippen LogP contribution in [0.25, 0.3) is 0 Å². The number of nitrogens with two attached hydrogens (primary N) is 1. The molecule has 6 heteroatoms. The van der Waals surface area contributed by atoms with Gasteiger partial charge in [-0.05, 0) is 35.4 Å². The van der Waals surface area contributed by atoms with Gasteiger partial charge < -0.3 is 21.1 Å². The first-order valence-corrected chi connectivity index (χ1v) is 6.68. The van der Waals surface area contributed by atoms with Crippen LogP contribution in [-0.4, -0.2) is 13.1 Å². The quantitative estimate of drug-likeness (QED) is 0.792. The van der Waals surface area contributed by atoms with Crippen molar-refractivity contribution in [2.75, 3.05) is 12.4 Å². The molecule has 0 heterocycles. The minimum Gasteiger partial charge on any atom is -0.497 e. The summed E-state index contributed by atoms with van der Waals surface area (Å²) in [6, 6.07) is 14.7. The maximum absolute atomic E-state index is 11.8. The molecule has 0 aromatic heterocycles. The van der Waals surface area contributed by atoms with E-state index in [1.54, 1.807) is 7.11 Å². The number of benzene rings is 2. The lowest BCUT2D eigenvalue weighted by Gasteiger charge is -2.08. The Morgan fingerprint density at radius 3 is 2.18 bits per heavy atom. The summed E-state index contributed by atoms with van der Waals surface area (Å²) >= 11 is 0. The molecule has 0 spiro atoms. The van der Waals surface area contributed by atoms with Crippen LogP contribution in [0.1, 0.15) is 11.1 Å². The number of rotatable bonds is 5. The zero-order valence-corrected chi connectivity index (χ0v) is 13.2. The lowest BCUT2D eigenvalue weighted by molar-refractivity contribution is 0.251. The fourth-order valence-electron chi connectivity index (χ4n) is 1.83. The Bertz CT molecular complexity index is 585. The molecule has 2 aromatic carbocycles. The molecule has 0 unspecified atom stereocenters. The van der Waals surface area contributed by atoms with Crippen LogP contribution < -0.4 is 21.1 Å². The Balaban J connectivity index is 0.00000242. The van der Waals surface area contributed by atoms with Crippen LogP contribution in [0.5, 0.6) is 5.75 Å². The topological polar surface area (TPSA) is 76.4 Å². The second kappa shape index (κ2) is 8.92. The van der Waals surface area contributed by atoms with E-state index in [2.05, 4.69) is 10.6 Å². The SMILES string of the molecule is COc1ccc(CNC(=O)Nc2ccc(CN)cc2)cc1.Cl. The number of carbonyl (C=O) groups excluding carboxylic acids is 1. The Labute approximate surface area is 136 Å². The third kappa shape index (κ3) is 5.27. The highest BCUT2D eigenvalue weighted by Gasteiger charge is 2.02. The fraction of sp³-hybridized carbons (Fsp3) is 0.188. The van der Waals surface area contributed by atoms with Gasteiger partial charge in [-0.1, -0.05) is 24.3 Å². The van der Waals surface area contributed by atoms with Gasteiger partial charge in [0.25, 0.3) is 0 Å². The largest absolute Gasteiger partial charge is 0.497 e. The maximum atomic E-state index is 11.8. The number of methoxy groups -OCH3 is 1. The van der Waals surface area contributed by atoms with E-state index < -0.39 is 0 Å². The van der Waals surface area contributed by atoms with Crippen molar-refractivity contribution in [2.24, 2.45) is 5.73 Å². The first-order chi connectivity index (χ1) is 10.2. The van der Waals surface area contributed by atoms with Crippen LogP contribution in [0, 0.1) is 0 Å². The van der Waals surface area contributed by atoms with Gasteiger partial charge in [0.2, 0.25) is 0 Å². The molecular weight excluding hydrogens is 302 g/mol. The Morgan fingerprint density at radius 1 is 1.05 bits per heavy atom. The molecule has 2 rings (SSSR count). The average Bonchev–Trinajstić information content (AvgIpc) is 2.54. The van der Waals surface area contributed by atoms with Crippen LogP contribution in [-0.2, 0) is 13.1 Å². The van der Waals surface area contributed by atoms with Crippen molar-refractivity contribution in [3.8, 4) is 5.75 Å². The molecule has 0 fully saturated rings. The van der Waals surface area contributed by atoms with E-state index in [1.165, 1.54) is 0 Å². The van der Waals surface area contributed by atoms with E-state index >= 15 is 0 Å². The minimum atomic E-state index is -0.244. The molecule has 2 amide bonds. The number of carbonyl (C=O) groups is 1. The van der Waals surface area contributed by atoms with E-state index in [0.717, 1.165) is 22.6 Å². The molecule has 0 saturated carbocycles. The summed E-state index contributed by atoms with van der Waals surface area (Å²) in [7, 11) is 1.62. The summed E-state index contributed by atoms with van der Waals surface area (Å²) in [5.41, 5.74) is 8.29. The summed E-state index contributed by atoms with van der Waals surface area (Å²) < 4.78 is 5.08. The molecule has 0 bridgehead atoms. The molecule has 0 saturated heterocycles. The molecule has 2 aromatic rings.